The summed E-state index contributed by atoms with van der Waals surface area (Å²) in [6, 6.07) is 7.76. The fraction of sp³-hybridized carbons (Fsp3) is 0.300. The van der Waals surface area contributed by atoms with Gasteiger partial charge in [-0.2, -0.15) is 0 Å². The van der Waals surface area contributed by atoms with Gasteiger partial charge in [0.05, 0.1) is 5.52 Å². The number of para-hydroxylation sites is 1. The van der Waals surface area contributed by atoms with Crippen molar-refractivity contribution in [3.63, 3.8) is 0 Å². The molecule has 2 rings (SSSR count). The van der Waals surface area contributed by atoms with Crippen LogP contribution in [-0.2, 0) is 6.42 Å². The molecule has 0 aliphatic carbocycles. The molecule has 0 amide bonds. The van der Waals surface area contributed by atoms with Gasteiger partial charge in [0, 0.05) is 13.0 Å². The first-order valence-electron chi connectivity index (χ1n) is 4.63. The number of nitrogens with zero attached hydrogens (tertiary/aromatic N) is 3. The molecule has 0 unspecified atom stereocenters. The van der Waals surface area contributed by atoms with Gasteiger partial charge in [-0.1, -0.05) is 12.1 Å². The summed E-state index contributed by atoms with van der Waals surface area (Å²) < 4.78 is 0. The number of nitrogens with one attached hydrogen (secondary N) is 1. The Balaban J connectivity index is 2.32. The van der Waals surface area contributed by atoms with E-state index in [2.05, 4.69) is 20.5 Å². The molecule has 0 saturated carbocycles. The Labute approximate surface area is 82.4 Å². The van der Waals surface area contributed by atoms with Crippen molar-refractivity contribution in [1.82, 2.24) is 20.5 Å². The number of fused-ring (bicyclic) bond motifs is 1. The summed E-state index contributed by atoms with van der Waals surface area (Å²) in [5.74, 6) is 0.790. The van der Waals surface area contributed by atoms with E-state index in [-0.39, 0.29) is 0 Å². The van der Waals surface area contributed by atoms with Crippen LogP contribution in [0.25, 0.3) is 11.0 Å². The van der Waals surface area contributed by atoms with E-state index in [9.17, 15) is 0 Å². The van der Waals surface area contributed by atoms with Gasteiger partial charge in [-0.05, 0) is 19.2 Å². The van der Waals surface area contributed by atoms with Gasteiger partial charge in [0.2, 0.25) is 0 Å². The molecular weight excluding hydrogens is 176 g/mol. The van der Waals surface area contributed by atoms with Crippen molar-refractivity contribution < 1.29 is 0 Å². The van der Waals surface area contributed by atoms with Gasteiger partial charge in [-0.25, -0.2) is 4.98 Å². The number of rotatable bonds is 3. The molecular formula is C10H12N4. The predicted molar refractivity (Wildman–Crippen MR) is 55.0 cm³/mol. The Kier molecular flexibility index (Phi) is 2.65. The zero-order chi connectivity index (χ0) is 9.80. The van der Waals surface area contributed by atoms with E-state index in [1.807, 2.05) is 31.3 Å². The zero-order valence-corrected chi connectivity index (χ0v) is 8.07. The van der Waals surface area contributed by atoms with Crippen LogP contribution in [-0.4, -0.2) is 28.8 Å². The van der Waals surface area contributed by atoms with Gasteiger partial charge < -0.3 is 5.32 Å². The van der Waals surface area contributed by atoms with E-state index in [0.717, 1.165) is 29.8 Å². The summed E-state index contributed by atoms with van der Waals surface area (Å²) in [6.07, 6.45) is 0.814. The number of likely N-dealkylation sites (N-methyl/N-ethyl adjacent to an activating group) is 1. The predicted octanol–water partition coefficient (Wildman–Crippen LogP) is 0.787. The van der Waals surface area contributed by atoms with Crippen molar-refractivity contribution in [3.05, 3.63) is 30.1 Å². The molecule has 14 heavy (non-hydrogen) atoms. The Morgan fingerprint density at radius 1 is 1.14 bits per heavy atom. The smallest absolute Gasteiger partial charge is 0.152 e. The van der Waals surface area contributed by atoms with E-state index < -0.39 is 0 Å². The Morgan fingerprint density at radius 3 is 2.71 bits per heavy atom. The minimum Gasteiger partial charge on any atom is -0.319 e. The average Bonchev–Trinajstić information content (AvgIpc) is 2.26. The summed E-state index contributed by atoms with van der Waals surface area (Å²) in [6.45, 7) is 0.875. The van der Waals surface area contributed by atoms with Crippen LogP contribution in [0.3, 0.4) is 0 Å². The van der Waals surface area contributed by atoms with E-state index >= 15 is 0 Å². The molecule has 0 aliphatic rings. The van der Waals surface area contributed by atoms with E-state index in [1.165, 1.54) is 0 Å². The van der Waals surface area contributed by atoms with Crippen LogP contribution in [0.2, 0.25) is 0 Å². The summed E-state index contributed by atoms with van der Waals surface area (Å²) >= 11 is 0. The third kappa shape index (κ3) is 1.85. The van der Waals surface area contributed by atoms with Gasteiger partial charge in [0.1, 0.15) is 5.52 Å². The molecule has 0 saturated heterocycles. The van der Waals surface area contributed by atoms with Gasteiger partial charge in [-0.15, -0.1) is 10.2 Å². The Bertz CT molecular complexity index is 427. The molecule has 1 aromatic heterocycles. The summed E-state index contributed by atoms with van der Waals surface area (Å²) in [5.41, 5.74) is 1.76. The van der Waals surface area contributed by atoms with Crippen molar-refractivity contribution >= 4 is 11.0 Å². The molecule has 2 aromatic rings. The topological polar surface area (TPSA) is 50.7 Å². The molecule has 0 bridgehead atoms. The van der Waals surface area contributed by atoms with Gasteiger partial charge in [0.25, 0.3) is 0 Å². The first kappa shape index (κ1) is 9.02. The van der Waals surface area contributed by atoms with Gasteiger partial charge in [-0.3, -0.25) is 0 Å². The lowest BCUT2D eigenvalue weighted by Gasteiger charge is -1.99. The Hall–Kier alpha value is -1.55. The molecule has 0 fully saturated rings. The van der Waals surface area contributed by atoms with Crippen molar-refractivity contribution in [1.29, 1.82) is 0 Å². The third-order valence-electron chi connectivity index (χ3n) is 2.00. The van der Waals surface area contributed by atoms with Gasteiger partial charge >= 0.3 is 0 Å². The van der Waals surface area contributed by atoms with E-state index in [0.29, 0.717) is 0 Å². The highest BCUT2D eigenvalue weighted by atomic mass is 15.1. The molecule has 72 valence electrons. The van der Waals surface area contributed by atoms with Crippen LogP contribution < -0.4 is 5.32 Å². The second-order valence-electron chi connectivity index (χ2n) is 3.07. The molecule has 1 heterocycles. The minimum atomic E-state index is 0.790. The normalized spacial score (nSPS) is 10.6. The molecule has 0 aliphatic heterocycles. The number of aromatic nitrogens is 3. The van der Waals surface area contributed by atoms with E-state index in [4.69, 9.17) is 0 Å². The van der Waals surface area contributed by atoms with Gasteiger partial charge in [0.15, 0.2) is 5.82 Å². The maximum absolute atomic E-state index is 4.40. The largest absolute Gasteiger partial charge is 0.319 e. The quantitative estimate of drug-likeness (QED) is 0.773. The first-order valence-corrected chi connectivity index (χ1v) is 4.63. The highest BCUT2D eigenvalue weighted by molar-refractivity contribution is 5.72. The van der Waals surface area contributed by atoms with Crippen LogP contribution >= 0.6 is 0 Å². The summed E-state index contributed by atoms with van der Waals surface area (Å²) in [5, 5.41) is 11.2. The van der Waals surface area contributed by atoms with Crippen molar-refractivity contribution in [2.24, 2.45) is 0 Å². The lowest BCUT2D eigenvalue weighted by molar-refractivity contribution is 0.743. The van der Waals surface area contributed by atoms with Crippen LogP contribution in [0.4, 0.5) is 0 Å². The summed E-state index contributed by atoms with van der Waals surface area (Å²) in [4.78, 5) is 4.40. The van der Waals surface area contributed by atoms with Crippen LogP contribution in [0, 0.1) is 0 Å². The van der Waals surface area contributed by atoms with Crippen LogP contribution in [0.1, 0.15) is 5.82 Å². The zero-order valence-electron chi connectivity index (χ0n) is 8.07. The number of hydrogen-bond acceptors (Lipinski definition) is 4. The fourth-order valence-electron chi connectivity index (χ4n) is 1.26. The second kappa shape index (κ2) is 4.11. The van der Waals surface area contributed by atoms with E-state index in [1.54, 1.807) is 0 Å². The lowest BCUT2D eigenvalue weighted by Crippen LogP contribution is -2.12. The van der Waals surface area contributed by atoms with Crippen molar-refractivity contribution in [2.75, 3.05) is 13.6 Å². The SMILES string of the molecule is CNCCc1nnc2ccccc2n1. The number of benzene rings is 1. The minimum absolute atomic E-state index is 0.790. The molecule has 4 nitrogen and oxygen atoms in total. The monoisotopic (exact) mass is 188 g/mol. The maximum atomic E-state index is 4.40. The molecule has 0 spiro atoms. The number of hydrogen-bond donors (Lipinski definition) is 1. The fourth-order valence-corrected chi connectivity index (χ4v) is 1.26. The van der Waals surface area contributed by atoms with Crippen LogP contribution in [0.5, 0.6) is 0 Å². The molecule has 4 heteroatoms. The maximum Gasteiger partial charge on any atom is 0.152 e. The summed E-state index contributed by atoms with van der Waals surface area (Å²) in [7, 11) is 1.91. The molecule has 0 atom stereocenters. The van der Waals surface area contributed by atoms with Crippen molar-refractivity contribution in [2.45, 2.75) is 6.42 Å². The molecule has 1 N–H and O–H groups in total. The highest BCUT2D eigenvalue weighted by Crippen LogP contribution is 2.06. The molecule has 0 radical (unpaired) electrons. The Morgan fingerprint density at radius 2 is 1.93 bits per heavy atom. The second-order valence-corrected chi connectivity index (χ2v) is 3.07. The highest BCUT2D eigenvalue weighted by Gasteiger charge is 1.99. The first-order chi connectivity index (χ1) is 6.90. The average molecular weight is 188 g/mol. The third-order valence-corrected chi connectivity index (χ3v) is 2.00. The van der Waals surface area contributed by atoms with Crippen molar-refractivity contribution in [3.8, 4) is 0 Å². The lowest BCUT2D eigenvalue weighted by atomic mass is 10.3. The van der Waals surface area contributed by atoms with Crippen LogP contribution in [0.15, 0.2) is 24.3 Å². The molecule has 1 aromatic carbocycles. The standard InChI is InChI=1S/C10H12N4/c1-11-7-6-10-12-8-4-2-3-5-9(8)13-14-10/h2-5,11H,6-7H2,1H3.